The summed E-state index contributed by atoms with van der Waals surface area (Å²) in [6.07, 6.45) is 0.220. The van der Waals surface area contributed by atoms with Gasteiger partial charge in [-0.25, -0.2) is 0 Å². The van der Waals surface area contributed by atoms with E-state index in [0.29, 0.717) is 0 Å². The third kappa shape index (κ3) is 6.87. The lowest BCUT2D eigenvalue weighted by Crippen LogP contribution is -2.29. The molecule has 0 amide bonds. The number of Topliss-reactive ketones (excluding diaryl/α,β-unsaturated/α-hetero) is 1. The summed E-state index contributed by atoms with van der Waals surface area (Å²) in [7, 11) is 2.33. The van der Waals surface area contributed by atoms with E-state index in [4.69, 9.17) is 4.74 Å². The number of hydrogen-bond acceptors (Lipinski definition) is 7. The van der Waals surface area contributed by atoms with Crippen molar-refractivity contribution in [1.82, 2.24) is 0 Å². The highest BCUT2D eigenvalue weighted by Crippen LogP contribution is 2.20. The van der Waals surface area contributed by atoms with Crippen molar-refractivity contribution in [1.29, 1.82) is 0 Å². The van der Waals surface area contributed by atoms with Gasteiger partial charge >= 0.3 is 17.9 Å². The number of rotatable bonds is 9. The molecule has 0 aliphatic rings. The predicted octanol–water partition coefficient (Wildman–Crippen LogP) is 0.887. The van der Waals surface area contributed by atoms with Crippen molar-refractivity contribution in [3.63, 3.8) is 0 Å². The number of carbonyl (C=O) groups excluding carboxylic acids is 4. The van der Waals surface area contributed by atoms with Gasteiger partial charge < -0.3 is 19.0 Å². The maximum absolute atomic E-state index is 11.8. The van der Waals surface area contributed by atoms with E-state index in [0.717, 1.165) is 14.2 Å². The molecule has 0 fully saturated rings. The van der Waals surface area contributed by atoms with Gasteiger partial charge in [0.2, 0.25) is 0 Å². The largest absolute Gasteiger partial charge is 0.468 e. The first-order chi connectivity index (χ1) is 9.87. The maximum atomic E-state index is 11.8. The molecule has 0 aromatic heterocycles. The molecule has 0 bridgehead atoms. The van der Waals surface area contributed by atoms with Crippen molar-refractivity contribution in [3.8, 4) is 0 Å². The Morgan fingerprint density at radius 2 is 1.43 bits per heavy atom. The summed E-state index contributed by atoms with van der Waals surface area (Å²) in [5.74, 6) is -3.93. The summed E-state index contributed by atoms with van der Waals surface area (Å²) in [4.78, 5) is 46.0. The van der Waals surface area contributed by atoms with Crippen LogP contribution >= 0.6 is 0 Å². The normalized spacial score (nSPS) is 11.7. The molecule has 0 aromatic carbocycles. The van der Waals surface area contributed by atoms with Crippen LogP contribution in [-0.4, -0.2) is 44.5 Å². The van der Waals surface area contributed by atoms with Crippen molar-refractivity contribution in [2.45, 2.75) is 33.1 Å². The molecule has 1 unspecified atom stereocenters. The number of carbonyl (C=O) groups is 4. The number of esters is 3. The minimum Gasteiger partial charge on any atom is -0.468 e. The number of hydrogen-bond donors (Lipinski definition) is 0. The van der Waals surface area contributed by atoms with Gasteiger partial charge in [0.05, 0.1) is 26.7 Å². The van der Waals surface area contributed by atoms with Crippen LogP contribution < -0.4 is 0 Å². The number of ketones is 1. The fraction of sp³-hybridized carbons (Fsp3) is 0.714. The molecular formula is C14H22O7. The highest BCUT2D eigenvalue weighted by atomic mass is 16.5. The Balaban J connectivity index is 4.81. The zero-order chi connectivity index (χ0) is 16.4. The molecule has 0 saturated carbocycles. The summed E-state index contributed by atoms with van der Waals surface area (Å²) < 4.78 is 14.0. The first-order valence-corrected chi connectivity index (χ1v) is 6.69. The van der Waals surface area contributed by atoms with Crippen LogP contribution in [0, 0.1) is 11.8 Å². The highest BCUT2D eigenvalue weighted by molar-refractivity contribution is 5.94. The van der Waals surface area contributed by atoms with Gasteiger partial charge in [-0.05, 0) is 26.7 Å². The van der Waals surface area contributed by atoms with Gasteiger partial charge in [-0.1, -0.05) is 0 Å². The smallest absolute Gasteiger partial charge is 0.320 e. The lowest BCUT2D eigenvalue weighted by molar-refractivity contribution is -0.160. The average Bonchev–Trinajstić information content (AvgIpc) is 2.45. The van der Waals surface area contributed by atoms with Crippen LogP contribution in [0.1, 0.15) is 33.1 Å². The zero-order valence-corrected chi connectivity index (χ0v) is 12.8. The van der Waals surface area contributed by atoms with Crippen molar-refractivity contribution < 1.29 is 33.4 Å². The van der Waals surface area contributed by atoms with E-state index in [2.05, 4.69) is 9.47 Å². The lowest BCUT2D eigenvalue weighted by Gasteiger charge is -2.17. The molecule has 0 aliphatic heterocycles. The second kappa shape index (κ2) is 9.90. The monoisotopic (exact) mass is 302 g/mol. The van der Waals surface area contributed by atoms with Crippen LogP contribution in [-0.2, 0) is 33.4 Å². The molecule has 0 N–H and O–H groups in total. The fourth-order valence-electron chi connectivity index (χ4n) is 1.89. The van der Waals surface area contributed by atoms with E-state index in [1.807, 2.05) is 0 Å². The maximum Gasteiger partial charge on any atom is 0.320 e. The zero-order valence-electron chi connectivity index (χ0n) is 12.8. The standard InChI is InChI=1S/C14H22O7/c1-5-21-12(16)10(8-9(2)15)6-7-11(13(17)19-3)14(18)20-4/h10-11H,5-8H2,1-4H3. The minimum atomic E-state index is -1.11. The average molecular weight is 302 g/mol. The molecule has 0 heterocycles. The molecule has 21 heavy (non-hydrogen) atoms. The molecule has 0 aliphatic carbocycles. The van der Waals surface area contributed by atoms with Crippen LogP contribution in [0.4, 0.5) is 0 Å². The van der Waals surface area contributed by atoms with Crippen LogP contribution in [0.2, 0.25) is 0 Å². The molecule has 120 valence electrons. The van der Waals surface area contributed by atoms with Gasteiger partial charge in [0.25, 0.3) is 0 Å². The molecule has 0 saturated heterocycles. The first kappa shape index (κ1) is 19.1. The van der Waals surface area contributed by atoms with Crippen LogP contribution in [0.3, 0.4) is 0 Å². The minimum absolute atomic E-state index is 0.00784. The lowest BCUT2D eigenvalue weighted by atomic mass is 9.92. The van der Waals surface area contributed by atoms with E-state index >= 15 is 0 Å². The third-order valence-electron chi connectivity index (χ3n) is 2.93. The van der Waals surface area contributed by atoms with Crippen molar-refractivity contribution >= 4 is 23.7 Å². The van der Waals surface area contributed by atoms with E-state index in [9.17, 15) is 19.2 Å². The van der Waals surface area contributed by atoms with Crippen LogP contribution in [0.25, 0.3) is 0 Å². The summed E-state index contributed by atoms with van der Waals surface area (Å²) in [5, 5.41) is 0. The van der Waals surface area contributed by atoms with Crippen LogP contribution in [0.15, 0.2) is 0 Å². The Morgan fingerprint density at radius 1 is 0.905 bits per heavy atom. The molecule has 0 aromatic rings. The molecule has 0 rings (SSSR count). The Morgan fingerprint density at radius 3 is 1.81 bits per heavy atom. The Labute approximate surface area is 123 Å². The molecule has 0 radical (unpaired) electrons. The van der Waals surface area contributed by atoms with E-state index in [1.165, 1.54) is 6.92 Å². The summed E-state index contributed by atoms with van der Waals surface area (Å²) >= 11 is 0. The van der Waals surface area contributed by atoms with Crippen molar-refractivity contribution in [2.24, 2.45) is 11.8 Å². The second-order valence-electron chi connectivity index (χ2n) is 4.53. The molecular weight excluding hydrogens is 280 g/mol. The topological polar surface area (TPSA) is 96.0 Å². The predicted molar refractivity (Wildman–Crippen MR) is 72.2 cm³/mol. The third-order valence-corrected chi connectivity index (χ3v) is 2.93. The summed E-state index contributed by atoms with van der Waals surface area (Å²) in [6, 6.07) is 0. The molecule has 0 spiro atoms. The number of ether oxygens (including phenoxy) is 3. The SMILES string of the molecule is CCOC(=O)C(CCC(C(=O)OC)C(=O)OC)CC(C)=O. The Kier molecular flexibility index (Phi) is 9.00. The van der Waals surface area contributed by atoms with E-state index in [1.54, 1.807) is 6.92 Å². The van der Waals surface area contributed by atoms with Gasteiger partial charge in [-0.3, -0.25) is 14.4 Å². The second-order valence-corrected chi connectivity index (χ2v) is 4.53. The van der Waals surface area contributed by atoms with Gasteiger partial charge in [-0.15, -0.1) is 0 Å². The quantitative estimate of drug-likeness (QED) is 0.354. The van der Waals surface area contributed by atoms with Gasteiger partial charge in [0.1, 0.15) is 5.78 Å². The Hall–Kier alpha value is -1.92. The van der Waals surface area contributed by atoms with Gasteiger partial charge in [0, 0.05) is 6.42 Å². The van der Waals surface area contributed by atoms with Gasteiger partial charge in [-0.2, -0.15) is 0 Å². The van der Waals surface area contributed by atoms with Crippen molar-refractivity contribution in [3.05, 3.63) is 0 Å². The molecule has 7 heteroatoms. The number of methoxy groups -OCH3 is 2. The van der Waals surface area contributed by atoms with E-state index in [-0.39, 0.29) is 31.7 Å². The van der Waals surface area contributed by atoms with Crippen LogP contribution in [0.5, 0.6) is 0 Å². The van der Waals surface area contributed by atoms with Gasteiger partial charge in [0.15, 0.2) is 5.92 Å². The summed E-state index contributed by atoms with van der Waals surface area (Å²) in [6.45, 7) is 3.23. The fourth-order valence-corrected chi connectivity index (χ4v) is 1.89. The molecule has 7 nitrogen and oxygen atoms in total. The Bertz CT molecular complexity index is 373. The van der Waals surface area contributed by atoms with Crippen molar-refractivity contribution in [2.75, 3.05) is 20.8 Å². The van der Waals surface area contributed by atoms with E-state index < -0.39 is 29.7 Å². The first-order valence-electron chi connectivity index (χ1n) is 6.69. The highest BCUT2D eigenvalue weighted by Gasteiger charge is 2.31. The molecule has 1 atom stereocenters. The summed E-state index contributed by atoms with van der Waals surface area (Å²) in [5.41, 5.74) is 0.